The molecule has 0 spiro atoms. The third-order valence-corrected chi connectivity index (χ3v) is 1.51. The zero-order valence-corrected chi connectivity index (χ0v) is 6.47. The molecule has 0 aromatic carbocycles. The van der Waals surface area contributed by atoms with Gasteiger partial charge in [0.15, 0.2) is 0 Å². The monoisotopic (exact) mass is 142 g/mol. The lowest BCUT2D eigenvalue weighted by Crippen LogP contribution is -1.84. The second-order valence-corrected chi connectivity index (χ2v) is 2.90. The molecule has 2 nitrogen and oxygen atoms in total. The molecule has 0 aliphatic rings. The van der Waals surface area contributed by atoms with Gasteiger partial charge in [0.05, 0.1) is 6.20 Å². The lowest BCUT2D eigenvalue weighted by atomic mass is 10.3. The van der Waals surface area contributed by atoms with Gasteiger partial charge in [-0.05, 0) is 6.92 Å². The number of hydrogen-bond acceptors (Lipinski definition) is 2. The van der Waals surface area contributed by atoms with E-state index in [-0.39, 0.29) is 0 Å². The molecule has 1 heterocycles. The molecule has 0 saturated carbocycles. The van der Waals surface area contributed by atoms with E-state index in [0.29, 0.717) is 5.25 Å². The van der Waals surface area contributed by atoms with Crippen LogP contribution in [0.2, 0.25) is 0 Å². The smallest absolute Gasteiger partial charge is 0.0532 e. The zero-order valence-electron chi connectivity index (χ0n) is 5.57. The Labute approximate surface area is 60.3 Å². The van der Waals surface area contributed by atoms with Crippen LogP contribution in [0.25, 0.3) is 0 Å². The normalized spacial score (nSPS) is 13.7. The molecule has 0 radical (unpaired) electrons. The standard InChI is InChI=1S/C6H10N2S/c1-5(9)6-3-7-8(2)4-6/h3-5,9H,1-2H3. The van der Waals surface area contributed by atoms with E-state index < -0.39 is 0 Å². The topological polar surface area (TPSA) is 17.8 Å². The third-order valence-electron chi connectivity index (χ3n) is 1.21. The first kappa shape index (κ1) is 6.68. The van der Waals surface area contributed by atoms with E-state index in [9.17, 15) is 0 Å². The first-order valence-corrected chi connectivity index (χ1v) is 3.38. The van der Waals surface area contributed by atoms with Crippen molar-refractivity contribution in [1.29, 1.82) is 0 Å². The second-order valence-electron chi connectivity index (χ2n) is 2.12. The van der Waals surface area contributed by atoms with Gasteiger partial charge in [0.2, 0.25) is 0 Å². The summed E-state index contributed by atoms with van der Waals surface area (Å²) in [5, 5.41) is 4.30. The van der Waals surface area contributed by atoms with Crippen LogP contribution in [0.1, 0.15) is 17.7 Å². The van der Waals surface area contributed by atoms with Crippen LogP contribution in [-0.4, -0.2) is 9.78 Å². The second kappa shape index (κ2) is 2.43. The molecular formula is C6H10N2S. The van der Waals surface area contributed by atoms with Crippen molar-refractivity contribution >= 4 is 12.6 Å². The molecule has 1 aromatic rings. The average Bonchev–Trinajstić information content (AvgIpc) is 2.14. The van der Waals surface area contributed by atoms with Gasteiger partial charge in [-0.15, -0.1) is 0 Å². The molecular weight excluding hydrogens is 132 g/mol. The van der Waals surface area contributed by atoms with Crippen molar-refractivity contribution in [3.8, 4) is 0 Å². The SMILES string of the molecule is CC(S)c1cnn(C)c1. The summed E-state index contributed by atoms with van der Waals surface area (Å²) >= 11 is 4.25. The Hall–Kier alpha value is -0.440. The Bertz CT molecular complexity index is 193. The lowest BCUT2D eigenvalue weighted by molar-refractivity contribution is 0.767. The summed E-state index contributed by atoms with van der Waals surface area (Å²) in [6.45, 7) is 2.03. The first-order chi connectivity index (χ1) is 4.20. The molecule has 1 atom stereocenters. The van der Waals surface area contributed by atoms with Crippen LogP contribution in [0.3, 0.4) is 0 Å². The molecule has 0 saturated heterocycles. The molecule has 0 N–H and O–H groups in total. The van der Waals surface area contributed by atoms with Crippen LogP contribution in [0.5, 0.6) is 0 Å². The third kappa shape index (κ3) is 1.48. The van der Waals surface area contributed by atoms with Gasteiger partial charge in [-0.25, -0.2) is 0 Å². The highest BCUT2D eigenvalue weighted by molar-refractivity contribution is 7.80. The molecule has 0 aliphatic carbocycles. The first-order valence-electron chi connectivity index (χ1n) is 2.87. The Balaban J connectivity index is 2.85. The predicted octanol–water partition coefficient (Wildman–Crippen LogP) is 1.41. The molecule has 1 rings (SSSR count). The Kier molecular flexibility index (Phi) is 1.81. The quantitative estimate of drug-likeness (QED) is 0.587. The van der Waals surface area contributed by atoms with E-state index in [2.05, 4.69) is 17.7 Å². The lowest BCUT2D eigenvalue weighted by Gasteiger charge is -1.94. The molecule has 0 fully saturated rings. The van der Waals surface area contributed by atoms with Gasteiger partial charge in [-0.2, -0.15) is 17.7 Å². The van der Waals surface area contributed by atoms with Crippen LogP contribution in [-0.2, 0) is 7.05 Å². The van der Waals surface area contributed by atoms with E-state index in [1.54, 1.807) is 4.68 Å². The summed E-state index contributed by atoms with van der Waals surface area (Å²) in [5.74, 6) is 0. The van der Waals surface area contributed by atoms with Crippen LogP contribution >= 0.6 is 12.6 Å². The number of nitrogens with zero attached hydrogens (tertiary/aromatic N) is 2. The molecule has 0 bridgehead atoms. The van der Waals surface area contributed by atoms with Gasteiger partial charge in [0, 0.05) is 24.1 Å². The molecule has 1 unspecified atom stereocenters. The molecule has 9 heavy (non-hydrogen) atoms. The number of rotatable bonds is 1. The minimum absolute atomic E-state index is 0.290. The van der Waals surface area contributed by atoms with Crippen molar-refractivity contribution in [3.63, 3.8) is 0 Å². The predicted molar refractivity (Wildman–Crippen MR) is 40.6 cm³/mol. The number of hydrogen-bond donors (Lipinski definition) is 1. The van der Waals surface area contributed by atoms with Gasteiger partial charge in [-0.1, -0.05) is 0 Å². The Morgan fingerprint density at radius 2 is 2.44 bits per heavy atom. The number of aryl methyl sites for hydroxylation is 1. The number of thiol groups is 1. The summed E-state index contributed by atoms with van der Waals surface area (Å²) in [6.07, 6.45) is 3.80. The largest absolute Gasteiger partial charge is 0.276 e. The van der Waals surface area contributed by atoms with Crippen LogP contribution < -0.4 is 0 Å². The van der Waals surface area contributed by atoms with Crippen molar-refractivity contribution in [3.05, 3.63) is 18.0 Å². The van der Waals surface area contributed by atoms with E-state index in [1.165, 1.54) is 5.56 Å². The molecule has 50 valence electrons. The maximum Gasteiger partial charge on any atom is 0.0532 e. The van der Waals surface area contributed by atoms with E-state index in [4.69, 9.17) is 0 Å². The van der Waals surface area contributed by atoms with Gasteiger partial charge >= 0.3 is 0 Å². The minimum Gasteiger partial charge on any atom is -0.276 e. The fourth-order valence-electron chi connectivity index (χ4n) is 0.656. The summed E-state index contributed by atoms with van der Waals surface area (Å²) in [5.41, 5.74) is 1.17. The average molecular weight is 142 g/mol. The van der Waals surface area contributed by atoms with Gasteiger partial charge in [0.1, 0.15) is 0 Å². The highest BCUT2D eigenvalue weighted by Crippen LogP contribution is 2.16. The van der Waals surface area contributed by atoms with Gasteiger partial charge < -0.3 is 0 Å². The van der Waals surface area contributed by atoms with E-state index in [0.717, 1.165) is 0 Å². The van der Waals surface area contributed by atoms with E-state index >= 15 is 0 Å². The summed E-state index contributed by atoms with van der Waals surface area (Å²) in [4.78, 5) is 0. The molecule has 3 heteroatoms. The Morgan fingerprint density at radius 1 is 1.78 bits per heavy atom. The summed E-state index contributed by atoms with van der Waals surface area (Å²) in [7, 11) is 1.90. The van der Waals surface area contributed by atoms with E-state index in [1.807, 2.05) is 26.4 Å². The zero-order chi connectivity index (χ0) is 6.85. The Morgan fingerprint density at radius 3 is 2.67 bits per heavy atom. The van der Waals surface area contributed by atoms with Crippen molar-refractivity contribution in [2.45, 2.75) is 12.2 Å². The van der Waals surface area contributed by atoms with Crippen molar-refractivity contribution in [1.82, 2.24) is 9.78 Å². The fourth-order valence-corrected chi connectivity index (χ4v) is 0.789. The maximum atomic E-state index is 4.25. The highest BCUT2D eigenvalue weighted by Gasteiger charge is 1.99. The summed E-state index contributed by atoms with van der Waals surface area (Å²) in [6, 6.07) is 0. The van der Waals surface area contributed by atoms with Gasteiger partial charge in [0.25, 0.3) is 0 Å². The van der Waals surface area contributed by atoms with Crippen molar-refractivity contribution in [2.24, 2.45) is 7.05 Å². The highest BCUT2D eigenvalue weighted by atomic mass is 32.1. The molecule has 1 aromatic heterocycles. The van der Waals surface area contributed by atoms with Gasteiger partial charge in [-0.3, -0.25) is 4.68 Å². The van der Waals surface area contributed by atoms with Crippen LogP contribution in [0.15, 0.2) is 12.4 Å². The molecule has 0 amide bonds. The van der Waals surface area contributed by atoms with Crippen LogP contribution in [0, 0.1) is 0 Å². The maximum absolute atomic E-state index is 4.25. The minimum atomic E-state index is 0.290. The van der Waals surface area contributed by atoms with Crippen molar-refractivity contribution in [2.75, 3.05) is 0 Å². The summed E-state index contributed by atoms with van der Waals surface area (Å²) < 4.78 is 1.78. The number of aromatic nitrogens is 2. The fraction of sp³-hybridized carbons (Fsp3) is 0.500. The molecule has 0 aliphatic heterocycles. The van der Waals surface area contributed by atoms with Crippen LogP contribution in [0.4, 0.5) is 0 Å². The van der Waals surface area contributed by atoms with Crippen molar-refractivity contribution < 1.29 is 0 Å².